The summed E-state index contributed by atoms with van der Waals surface area (Å²) in [5, 5.41) is 0. The van der Waals surface area contributed by atoms with Crippen LogP contribution in [-0.2, 0) is 6.54 Å². The molecule has 0 aromatic carbocycles. The Morgan fingerprint density at radius 1 is 1.54 bits per heavy atom. The second kappa shape index (κ2) is 3.14. The molecule has 2 heterocycles. The van der Waals surface area contributed by atoms with Gasteiger partial charge in [0.05, 0.1) is 0 Å². The van der Waals surface area contributed by atoms with E-state index in [9.17, 15) is 4.79 Å². The van der Waals surface area contributed by atoms with Gasteiger partial charge in [0.15, 0.2) is 0 Å². The van der Waals surface area contributed by atoms with Gasteiger partial charge < -0.3 is 9.47 Å². The van der Waals surface area contributed by atoms with Gasteiger partial charge >= 0.3 is 0 Å². The van der Waals surface area contributed by atoms with Gasteiger partial charge in [-0.1, -0.05) is 0 Å². The first kappa shape index (κ1) is 8.74. The average Bonchev–Trinajstić information content (AvgIpc) is 2.12. The molecular formula is C8H10BrN3O. The van der Waals surface area contributed by atoms with E-state index in [0.29, 0.717) is 4.47 Å². The number of rotatable bonds is 0. The largest absolute Gasteiger partial charge is 0.360 e. The highest BCUT2D eigenvalue weighted by Gasteiger charge is 2.17. The van der Waals surface area contributed by atoms with Crippen LogP contribution in [0, 0.1) is 0 Å². The van der Waals surface area contributed by atoms with Crippen molar-refractivity contribution >= 4 is 21.7 Å². The molecule has 0 saturated carbocycles. The Labute approximate surface area is 84.3 Å². The molecular weight excluding hydrogens is 234 g/mol. The van der Waals surface area contributed by atoms with Gasteiger partial charge in [0.2, 0.25) is 0 Å². The zero-order valence-electron chi connectivity index (χ0n) is 7.33. The predicted molar refractivity (Wildman–Crippen MR) is 54.1 cm³/mol. The second-order valence-corrected chi connectivity index (χ2v) is 3.95. The number of halogens is 1. The standard InChI is InChI=1S/C8H10BrN3O/c1-11-3-2-4-12-5-10-7(13)6(9)8(11)12/h5H,2-4H2,1H3. The maximum atomic E-state index is 11.2. The average molecular weight is 244 g/mol. The highest BCUT2D eigenvalue weighted by molar-refractivity contribution is 9.10. The minimum atomic E-state index is -0.194. The topological polar surface area (TPSA) is 38.1 Å². The summed E-state index contributed by atoms with van der Waals surface area (Å²) in [6.45, 7) is 1.92. The van der Waals surface area contributed by atoms with E-state index in [1.54, 1.807) is 6.33 Å². The smallest absolute Gasteiger partial charge is 0.289 e. The Hall–Kier alpha value is -0.840. The van der Waals surface area contributed by atoms with Crippen molar-refractivity contribution in [3.05, 3.63) is 21.2 Å². The molecule has 5 heteroatoms. The molecule has 0 fully saturated rings. The Bertz CT molecular complexity index is 387. The Morgan fingerprint density at radius 2 is 2.31 bits per heavy atom. The van der Waals surface area contributed by atoms with E-state index < -0.39 is 0 Å². The van der Waals surface area contributed by atoms with E-state index in [0.717, 1.165) is 25.3 Å². The van der Waals surface area contributed by atoms with Gasteiger partial charge in [-0.25, -0.2) is 0 Å². The third kappa shape index (κ3) is 1.37. The van der Waals surface area contributed by atoms with Gasteiger partial charge in [-0.3, -0.25) is 4.79 Å². The molecule has 1 aliphatic heterocycles. The van der Waals surface area contributed by atoms with Gasteiger partial charge in [0, 0.05) is 20.1 Å². The summed E-state index contributed by atoms with van der Waals surface area (Å²) in [5.41, 5.74) is -0.194. The molecule has 0 aliphatic carbocycles. The summed E-state index contributed by atoms with van der Waals surface area (Å²) in [6.07, 6.45) is 2.71. The lowest BCUT2D eigenvalue weighted by atomic mass is 10.3. The summed E-state index contributed by atoms with van der Waals surface area (Å²) < 4.78 is 2.56. The lowest BCUT2D eigenvalue weighted by Gasteiger charge is -2.29. The first-order valence-electron chi connectivity index (χ1n) is 4.16. The van der Waals surface area contributed by atoms with Crippen molar-refractivity contribution in [2.45, 2.75) is 13.0 Å². The van der Waals surface area contributed by atoms with Crippen molar-refractivity contribution in [3.63, 3.8) is 0 Å². The van der Waals surface area contributed by atoms with Gasteiger partial charge in [-0.2, -0.15) is 4.98 Å². The Morgan fingerprint density at radius 3 is 3.08 bits per heavy atom. The Balaban J connectivity index is 2.65. The van der Waals surface area contributed by atoms with Gasteiger partial charge in [0.1, 0.15) is 16.6 Å². The third-order valence-electron chi connectivity index (χ3n) is 2.22. The van der Waals surface area contributed by atoms with E-state index in [-0.39, 0.29) is 5.56 Å². The van der Waals surface area contributed by atoms with Crippen molar-refractivity contribution in [1.29, 1.82) is 0 Å². The lowest BCUT2D eigenvalue weighted by molar-refractivity contribution is 0.566. The summed E-state index contributed by atoms with van der Waals surface area (Å²) in [5.74, 6) is 0.936. The molecule has 0 spiro atoms. The summed E-state index contributed by atoms with van der Waals surface area (Å²) in [4.78, 5) is 17.1. The van der Waals surface area contributed by atoms with E-state index in [1.807, 2.05) is 11.6 Å². The van der Waals surface area contributed by atoms with Crippen LogP contribution in [0.3, 0.4) is 0 Å². The maximum Gasteiger partial charge on any atom is 0.289 e. The van der Waals surface area contributed by atoms with Crippen LogP contribution in [0.1, 0.15) is 6.42 Å². The number of aryl methyl sites for hydroxylation is 1. The normalized spacial score (nSPS) is 15.7. The monoisotopic (exact) mass is 243 g/mol. The fourth-order valence-electron chi connectivity index (χ4n) is 1.59. The molecule has 0 atom stereocenters. The zero-order chi connectivity index (χ0) is 9.42. The van der Waals surface area contributed by atoms with Crippen LogP contribution in [0.2, 0.25) is 0 Å². The molecule has 0 N–H and O–H groups in total. The molecule has 2 rings (SSSR count). The van der Waals surface area contributed by atoms with Crippen LogP contribution in [0.25, 0.3) is 0 Å². The molecule has 13 heavy (non-hydrogen) atoms. The Kier molecular flexibility index (Phi) is 2.11. The molecule has 70 valence electrons. The van der Waals surface area contributed by atoms with Gasteiger partial charge in [0.25, 0.3) is 5.56 Å². The maximum absolute atomic E-state index is 11.2. The lowest BCUT2D eigenvalue weighted by Crippen LogP contribution is -2.32. The number of hydrogen-bond acceptors (Lipinski definition) is 3. The minimum absolute atomic E-state index is 0.194. The molecule has 1 aliphatic rings. The minimum Gasteiger partial charge on any atom is -0.360 e. The summed E-state index contributed by atoms with van der Waals surface area (Å²) in [7, 11) is 1.98. The second-order valence-electron chi connectivity index (χ2n) is 3.16. The number of fused-ring (bicyclic) bond motifs is 1. The fraction of sp³-hybridized carbons (Fsp3) is 0.500. The molecule has 4 nitrogen and oxygen atoms in total. The van der Waals surface area contributed by atoms with Crippen LogP contribution in [-0.4, -0.2) is 23.1 Å². The number of nitrogens with zero attached hydrogens (tertiary/aromatic N) is 3. The molecule has 0 amide bonds. The third-order valence-corrected chi connectivity index (χ3v) is 2.92. The van der Waals surface area contributed by atoms with Crippen LogP contribution in [0.5, 0.6) is 0 Å². The van der Waals surface area contributed by atoms with E-state index in [1.165, 1.54) is 0 Å². The fourth-order valence-corrected chi connectivity index (χ4v) is 2.22. The van der Waals surface area contributed by atoms with Crippen LogP contribution < -0.4 is 10.5 Å². The number of hydrogen-bond donors (Lipinski definition) is 0. The first-order valence-corrected chi connectivity index (χ1v) is 4.95. The van der Waals surface area contributed by atoms with Crippen molar-refractivity contribution in [1.82, 2.24) is 9.55 Å². The molecule has 1 aromatic heterocycles. The molecule has 0 saturated heterocycles. The van der Waals surface area contributed by atoms with Gasteiger partial charge in [-0.05, 0) is 22.4 Å². The molecule has 0 unspecified atom stereocenters. The zero-order valence-corrected chi connectivity index (χ0v) is 8.91. The van der Waals surface area contributed by atoms with Crippen molar-refractivity contribution in [3.8, 4) is 0 Å². The van der Waals surface area contributed by atoms with Crippen LogP contribution in [0.4, 0.5) is 5.82 Å². The van der Waals surface area contributed by atoms with E-state index in [4.69, 9.17) is 0 Å². The predicted octanol–water partition coefficient (Wildman–Crippen LogP) is 0.846. The molecule has 0 radical (unpaired) electrons. The quantitative estimate of drug-likeness (QED) is 0.678. The van der Waals surface area contributed by atoms with Crippen LogP contribution in [0.15, 0.2) is 15.6 Å². The number of aromatic nitrogens is 2. The van der Waals surface area contributed by atoms with E-state index in [2.05, 4.69) is 25.8 Å². The van der Waals surface area contributed by atoms with Crippen molar-refractivity contribution in [2.75, 3.05) is 18.5 Å². The highest BCUT2D eigenvalue weighted by Crippen LogP contribution is 2.24. The number of anilines is 1. The highest BCUT2D eigenvalue weighted by atomic mass is 79.9. The van der Waals surface area contributed by atoms with Gasteiger partial charge in [-0.15, -0.1) is 0 Å². The molecule has 1 aromatic rings. The van der Waals surface area contributed by atoms with Crippen molar-refractivity contribution in [2.24, 2.45) is 0 Å². The van der Waals surface area contributed by atoms with Crippen LogP contribution >= 0.6 is 15.9 Å². The van der Waals surface area contributed by atoms with E-state index >= 15 is 0 Å². The summed E-state index contributed by atoms with van der Waals surface area (Å²) in [6, 6.07) is 0. The summed E-state index contributed by atoms with van der Waals surface area (Å²) >= 11 is 3.27. The SMILES string of the molecule is CN1CCCn2cnc(=O)c(Br)c21. The van der Waals surface area contributed by atoms with Crippen molar-refractivity contribution < 1.29 is 0 Å². The molecule has 0 bridgehead atoms. The first-order chi connectivity index (χ1) is 6.20.